The van der Waals surface area contributed by atoms with Crippen LogP contribution in [0.3, 0.4) is 0 Å². The molecule has 1 rings (SSSR count). The van der Waals surface area contributed by atoms with E-state index in [1.54, 1.807) is 0 Å². The van der Waals surface area contributed by atoms with Crippen LogP contribution in [0.25, 0.3) is 0 Å². The molecule has 0 aromatic heterocycles. The number of benzene rings is 1. The number of ether oxygens (including phenoxy) is 1. The second-order valence-corrected chi connectivity index (χ2v) is 3.44. The van der Waals surface area contributed by atoms with Gasteiger partial charge in [-0.25, -0.2) is 8.78 Å². The monoisotopic (exact) mass is 244 g/mol. The summed E-state index contributed by atoms with van der Waals surface area (Å²) in [5, 5.41) is 0. The fourth-order valence-electron chi connectivity index (χ4n) is 1.09. The zero-order valence-corrected chi connectivity index (χ0v) is 9.57. The van der Waals surface area contributed by atoms with E-state index < -0.39 is 11.6 Å². The molecule has 0 saturated heterocycles. The minimum absolute atomic E-state index is 0.140. The zero-order valence-electron chi connectivity index (χ0n) is 8.82. The normalized spacial score (nSPS) is 9.50. The van der Waals surface area contributed by atoms with Gasteiger partial charge in [0.15, 0.2) is 0 Å². The maximum Gasteiger partial charge on any atom is 0.145 e. The van der Waals surface area contributed by atoms with Crippen molar-refractivity contribution in [1.82, 2.24) is 0 Å². The minimum Gasteiger partial charge on any atom is -0.497 e. The fraction of sp³-hybridized carbons (Fsp3) is 0.333. The summed E-state index contributed by atoms with van der Waals surface area (Å²) in [6.07, 6.45) is 1.22. The van der Waals surface area contributed by atoms with E-state index in [-0.39, 0.29) is 11.3 Å². The third-order valence-electron chi connectivity index (χ3n) is 1.90. The molecule has 0 atom stereocenters. The molecule has 4 heteroatoms. The van der Waals surface area contributed by atoms with Crippen LogP contribution < -0.4 is 4.74 Å². The quantitative estimate of drug-likeness (QED) is 0.450. The Bertz CT molecular complexity index is 398. The van der Waals surface area contributed by atoms with E-state index in [1.807, 2.05) is 0 Å². The molecule has 0 bridgehead atoms. The second kappa shape index (κ2) is 6.34. The summed E-state index contributed by atoms with van der Waals surface area (Å²) in [7, 11) is 1.35. The van der Waals surface area contributed by atoms with E-state index in [9.17, 15) is 8.78 Å². The van der Waals surface area contributed by atoms with Crippen LogP contribution in [0.15, 0.2) is 12.1 Å². The molecule has 0 unspecified atom stereocenters. The number of methoxy groups -OCH3 is 1. The number of halogens is 3. The van der Waals surface area contributed by atoms with Gasteiger partial charge in [-0.3, -0.25) is 0 Å². The van der Waals surface area contributed by atoms with Crippen LogP contribution in [0.5, 0.6) is 5.75 Å². The average molecular weight is 245 g/mol. The van der Waals surface area contributed by atoms with Crippen molar-refractivity contribution in [3.05, 3.63) is 29.3 Å². The predicted octanol–water partition coefficient (Wildman–Crippen LogP) is 3.34. The van der Waals surface area contributed by atoms with Crippen molar-refractivity contribution < 1.29 is 13.5 Å². The van der Waals surface area contributed by atoms with Crippen LogP contribution in [-0.2, 0) is 0 Å². The standard InChI is InChI=1S/C12H11ClF2O/c1-16-9-7-11(14)10(12(15)8-9)5-3-2-4-6-13/h7-8H,2,4,6H2,1H3. The summed E-state index contributed by atoms with van der Waals surface area (Å²) in [6, 6.07) is 2.21. The lowest BCUT2D eigenvalue weighted by molar-refractivity contribution is 0.406. The van der Waals surface area contributed by atoms with Gasteiger partial charge in [-0.2, -0.15) is 0 Å². The van der Waals surface area contributed by atoms with Gasteiger partial charge in [-0.1, -0.05) is 11.8 Å². The first kappa shape index (κ1) is 12.8. The minimum atomic E-state index is -0.713. The first-order valence-electron chi connectivity index (χ1n) is 4.77. The Morgan fingerprint density at radius 3 is 2.44 bits per heavy atom. The molecule has 0 aliphatic carbocycles. The van der Waals surface area contributed by atoms with Gasteiger partial charge < -0.3 is 4.74 Å². The molecule has 0 amide bonds. The lowest BCUT2D eigenvalue weighted by Crippen LogP contribution is -1.93. The highest BCUT2D eigenvalue weighted by molar-refractivity contribution is 6.17. The molecule has 0 spiro atoms. The highest BCUT2D eigenvalue weighted by Gasteiger charge is 2.08. The predicted molar refractivity (Wildman–Crippen MR) is 59.7 cm³/mol. The fourth-order valence-corrected chi connectivity index (χ4v) is 1.23. The largest absolute Gasteiger partial charge is 0.497 e. The van der Waals surface area contributed by atoms with Crippen molar-refractivity contribution in [2.75, 3.05) is 13.0 Å². The second-order valence-electron chi connectivity index (χ2n) is 3.06. The van der Waals surface area contributed by atoms with Crippen molar-refractivity contribution >= 4 is 11.6 Å². The Balaban J connectivity index is 2.90. The molecule has 0 saturated carbocycles. The van der Waals surface area contributed by atoms with Crippen LogP contribution in [0.4, 0.5) is 8.78 Å². The third-order valence-corrected chi connectivity index (χ3v) is 2.17. The molecule has 1 aromatic carbocycles. The van der Waals surface area contributed by atoms with E-state index in [0.29, 0.717) is 18.7 Å². The van der Waals surface area contributed by atoms with Gasteiger partial charge in [0.25, 0.3) is 0 Å². The Hall–Kier alpha value is -1.27. The SMILES string of the molecule is COc1cc(F)c(C#CCCCCl)c(F)c1. The molecule has 86 valence electrons. The number of hydrogen-bond acceptors (Lipinski definition) is 1. The summed E-state index contributed by atoms with van der Waals surface area (Å²) in [6.45, 7) is 0. The zero-order chi connectivity index (χ0) is 12.0. The molecule has 0 aliphatic rings. The Morgan fingerprint density at radius 2 is 1.94 bits per heavy atom. The van der Waals surface area contributed by atoms with E-state index in [2.05, 4.69) is 11.8 Å². The summed E-state index contributed by atoms with van der Waals surface area (Å²) >= 11 is 5.45. The van der Waals surface area contributed by atoms with Crippen LogP contribution in [0.1, 0.15) is 18.4 Å². The van der Waals surface area contributed by atoms with Crippen LogP contribution in [0, 0.1) is 23.5 Å². The first-order valence-corrected chi connectivity index (χ1v) is 5.30. The summed E-state index contributed by atoms with van der Waals surface area (Å²) in [5.41, 5.74) is -0.227. The van der Waals surface area contributed by atoms with Gasteiger partial charge in [-0.15, -0.1) is 11.6 Å². The molecule has 1 aromatic rings. The molecule has 0 N–H and O–H groups in total. The summed E-state index contributed by atoms with van der Waals surface area (Å²) < 4.78 is 31.4. The van der Waals surface area contributed by atoms with Crippen LogP contribution >= 0.6 is 11.6 Å². The highest BCUT2D eigenvalue weighted by Crippen LogP contribution is 2.19. The lowest BCUT2D eigenvalue weighted by Gasteiger charge is -2.02. The van der Waals surface area contributed by atoms with Crippen molar-refractivity contribution in [1.29, 1.82) is 0 Å². The van der Waals surface area contributed by atoms with Gasteiger partial charge in [0.1, 0.15) is 17.4 Å². The van der Waals surface area contributed by atoms with E-state index in [0.717, 1.165) is 12.1 Å². The van der Waals surface area contributed by atoms with E-state index in [1.165, 1.54) is 7.11 Å². The maximum absolute atomic E-state index is 13.4. The smallest absolute Gasteiger partial charge is 0.145 e. The maximum atomic E-state index is 13.4. The molecule has 1 nitrogen and oxygen atoms in total. The van der Waals surface area contributed by atoms with Crippen LogP contribution in [0.2, 0.25) is 0 Å². The average Bonchev–Trinajstić information content (AvgIpc) is 2.26. The first-order chi connectivity index (χ1) is 7.69. The number of hydrogen-bond donors (Lipinski definition) is 0. The van der Waals surface area contributed by atoms with E-state index in [4.69, 9.17) is 16.3 Å². The molecule has 0 aliphatic heterocycles. The van der Waals surface area contributed by atoms with Crippen LogP contribution in [-0.4, -0.2) is 13.0 Å². The number of rotatable bonds is 3. The Kier molecular flexibility index (Phi) is 5.07. The van der Waals surface area contributed by atoms with E-state index >= 15 is 0 Å². The molecule has 0 radical (unpaired) electrons. The molecular weight excluding hydrogens is 234 g/mol. The number of unbranched alkanes of at least 4 members (excludes halogenated alkanes) is 1. The summed E-state index contributed by atoms with van der Waals surface area (Å²) in [5.74, 6) is 4.32. The highest BCUT2D eigenvalue weighted by atomic mass is 35.5. The molecule has 0 fully saturated rings. The number of alkyl halides is 1. The molecular formula is C12H11ClF2O. The van der Waals surface area contributed by atoms with Crippen molar-refractivity contribution in [2.24, 2.45) is 0 Å². The van der Waals surface area contributed by atoms with Gasteiger partial charge in [-0.05, 0) is 6.42 Å². The van der Waals surface area contributed by atoms with Gasteiger partial charge in [0.2, 0.25) is 0 Å². The third kappa shape index (κ3) is 3.39. The molecule has 16 heavy (non-hydrogen) atoms. The van der Waals surface area contributed by atoms with Gasteiger partial charge >= 0.3 is 0 Å². The van der Waals surface area contributed by atoms with Crippen molar-refractivity contribution in [3.63, 3.8) is 0 Å². The van der Waals surface area contributed by atoms with Gasteiger partial charge in [0, 0.05) is 24.4 Å². The van der Waals surface area contributed by atoms with Crippen molar-refractivity contribution in [3.8, 4) is 17.6 Å². The van der Waals surface area contributed by atoms with Gasteiger partial charge in [0.05, 0.1) is 12.7 Å². The lowest BCUT2D eigenvalue weighted by atomic mass is 10.2. The molecule has 0 heterocycles. The topological polar surface area (TPSA) is 9.23 Å². The van der Waals surface area contributed by atoms with Crippen molar-refractivity contribution in [2.45, 2.75) is 12.8 Å². The Morgan fingerprint density at radius 1 is 1.31 bits per heavy atom. The Labute approximate surface area is 98.4 Å². The summed E-state index contributed by atoms with van der Waals surface area (Å²) in [4.78, 5) is 0.